The lowest BCUT2D eigenvalue weighted by molar-refractivity contribution is 0.104. The zero-order chi connectivity index (χ0) is 13.5. The Bertz CT molecular complexity index is 249. The third kappa shape index (κ3) is 4.82. The molecule has 0 spiro atoms. The third-order valence-corrected chi connectivity index (χ3v) is 4.28. The maximum atomic E-state index is 5.87. The monoisotopic (exact) mass is 271 g/mol. The van der Waals surface area contributed by atoms with Gasteiger partial charge in [0.05, 0.1) is 11.0 Å². The van der Waals surface area contributed by atoms with Gasteiger partial charge in [-0.2, -0.15) is 0 Å². The fourth-order valence-corrected chi connectivity index (χ4v) is 2.87. The highest BCUT2D eigenvalue weighted by Gasteiger charge is 2.25. The van der Waals surface area contributed by atoms with Crippen molar-refractivity contribution < 1.29 is 0 Å². The number of thiocarbonyl (C=S) groups is 1. The SMILES string of the molecule is CCCC(C(N)=S)N1CCN(CC(C)CC)CC1. The molecule has 18 heavy (non-hydrogen) atoms. The van der Waals surface area contributed by atoms with Crippen molar-refractivity contribution in [2.45, 2.75) is 46.1 Å². The van der Waals surface area contributed by atoms with E-state index < -0.39 is 0 Å². The van der Waals surface area contributed by atoms with Gasteiger partial charge >= 0.3 is 0 Å². The van der Waals surface area contributed by atoms with Crippen LogP contribution in [0, 0.1) is 5.92 Å². The molecule has 2 unspecified atom stereocenters. The fraction of sp³-hybridized carbons (Fsp3) is 0.929. The zero-order valence-electron chi connectivity index (χ0n) is 12.2. The largest absolute Gasteiger partial charge is 0.392 e. The van der Waals surface area contributed by atoms with Gasteiger partial charge in [-0.3, -0.25) is 4.90 Å². The lowest BCUT2D eigenvalue weighted by Crippen LogP contribution is -2.54. The summed E-state index contributed by atoms with van der Waals surface area (Å²) >= 11 is 5.20. The Balaban J connectivity index is 2.39. The second-order valence-electron chi connectivity index (χ2n) is 5.56. The first-order valence-corrected chi connectivity index (χ1v) is 7.75. The molecule has 0 aromatic carbocycles. The van der Waals surface area contributed by atoms with E-state index >= 15 is 0 Å². The minimum atomic E-state index is 0.316. The maximum absolute atomic E-state index is 5.87. The number of nitrogens with two attached hydrogens (primary N) is 1. The van der Waals surface area contributed by atoms with Crippen LogP contribution < -0.4 is 5.73 Å². The van der Waals surface area contributed by atoms with Crippen molar-refractivity contribution in [1.29, 1.82) is 0 Å². The lowest BCUT2D eigenvalue weighted by Gasteiger charge is -2.39. The Labute approximate surface area is 118 Å². The van der Waals surface area contributed by atoms with E-state index in [4.69, 9.17) is 18.0 Å². The first-order valence-electron chi connectivity index (χ1n) is 7.34. The standard InChI is InChI=1S/C14H29N3S/c1-4-6-13(14(15)18)17-9-7-16(8-10-17)11-12(3)5-2/h12-13H,4-11H2,1-3H3,(H2,15,18). The predicted molar refractivity (Wildman–Crippen MR) is 82.9 cm³/mol. The summed E-state index contributed by atoms with van der Waals surface area (Å²) in [5.41, 5.74) is 5.87. The van der Waals surface area contributed by atoms with Crippen LogP contribution in [0.25, 0.3) is 0 Å². The molecule has 4 heteroatoms. The van der Waals surface area contributed by atoms with Crippen molar-refractivity contribution in [3.8, 4) is 0 Å². The van der Waals surface area contributed by atoms with Crippen LogP contribution in [0.3, 0.4) is 0 Å². The molecule has 1 saturated heterocycles. The number of piperazine rings is 1. The molecule has 2 atom stereocenters. The Morgan fingerprint density at radius 3 is 2.28 bits per heavy atom. The van der Waals surface area contributed by atoms with E-state index in [-0.39, 0.29) is 0 Å². The number of rotatable bonds is 7. The summed E-state index contributed by atoms with van der Waals surface area (Å²) in [6.07, 6.45) is 3.52. The topological polar surface area (TPSA) is 32.5 Å². The smallest absolute Gasteiger partial charge is 0.0902 e. The van der Waals surface area contributed by atoms with E-state index in [2.05, 4.69) is 30.6 Å². The summed E-state index contributed by atoms with van der Waals surface area (Å²) in [4.78, 5) is 5.72. The second-order valence-corrected chi connectivity index (χ2v) is 6.03. The third-order valence-electron chi connectivity index (χ3n) is 4.00. The van der Waals surface area contributed by atoms with E-state index in [1.807, 2.05) is 0 Å². The number of nitrogens with zero attached hydrogens (tertiary/aromatic N) is 2. The minimum absolute atomic E-state index is 0.316. The van der Waals surface area contributed by atoms with E-state index in [0.717, 1.165) is 44.9 Å². The molecule has 0 aromatic heterocycles. The quantitative estimate of drug-likeness (QED) is 0.719. The van der Waals surface area contributed by atoms with Gasteiger partial charge in [-0.15, -0.1) is 0 Å². The molecule has 1 fully saturated rings. The molecule has 0 radical (unpaired) electrons. The molecule has 2 N–H and O–H groups in total. The molecule has 0 amide bonds. The molecular weight excluding hydrogens is 242 g/mol. The van der Waals surface area contributed by atoms with Crippen molar-refractivity contribution in [2.75, 3.05) is 32.7 Å². The number of hydrogen-bond donors (Lipinski definition) is 1. The van der Waals surface area contributed by atoms with Gasteiger partial charge in [0, 0.05) is 32.7 Å². The predicted octanol–water partition coefficient (Wildman–Crippen LogP) is 2.10. The van der Waals surface area contributed by atoms with Crippen molar-refractivity contribution in [3.05, 3.63) is 0 Å². The maximum Gasteiger partial charge on any atom is 0.0902 e. The highest BCUT2D eigenvalue weighted by atomic mass is 32.1. The molecular formula is C14H29N3S. The summed E-state index contributed by atoms with van der Waals surface area (Å²) < 4.78 is 0. The highest BCUT2D eigenvalue weighted by molar-refractivity contribution is 7.80. The van der Waals surface area contributed by atoms with Crippen LogP contribution in [0.1, 0.15) is 40.0 Å². The zero-order valence-corrected chi connectivity index (χ0v) is 13.0. The Morgan fingerprint density at radius 1 is 1.22 bits per heavy atom. The molecule has 3 nitrogen and oxygen atoms in total. The van der Waals surface area contributed by atoms with Crippen LogP contribution in [0.5, 0.6) is 0 Å². The fourth-order valence-electron chi connectivity index (χ4n) is 2.61. The molecule has 0 aliphatic carbocycles. The number of hydrogen-bond acceptors (Lipinski definition) is 3. The van der Waals surface area contributed by atoms with Crippen molar-refractivity contribution in [3.63, 3.8) is 0 Å². The van der Waals surface area contributed by atoms with Gasteiger partial charge < -0.3 is 10.6 Å². The first kappa shape index (κ1) is 15.9. The van der Waals surface area contributed by atoms with Gasteiger partial charge in [-0.25, -0.2) is 0 Å². The summed E-state index contributed by atoms with van der Waals surface area (Å²) in [5, 5.41) is 0. The minimum Gasteiger partial charge on any atom is -0.392 e. The molecule has 0 bridgehead atoms. The van der Waals surface area contributed by atoms with E-state index in [9.17, 15) is 0 Å². The highest BCUT2D eigenvalue weighted by Crippen LogP contribution is 2.13. The van der Waals surface area contributed by atoms with Gasteiger partial charge in [0.15, 0.2) is 0 Å². The Morgan fingerprint density at radius 2 is 1.83 bits per heavy atom. The Kier molecular flexibility index (Phi) is 7.12. The van der Waals surface area contributed by atoms with Crippen LogP contribution >= 0.6 is 12.2 Å². The molecule has 1 heterocycles. The van der Waals surface area contributed by atoms with Gasteiger partial charge in [-0.05, 0) is 12.3 Å². The average molecular weight is 271 g/mol. The molecule has 106 valence electrons. The van der Waals surface area contributed by atoms with Crippen LogP contribution in [-0.2, 0) is 0 Å². The summed E-state index contributed by atoms with van der Waals surface area (Å²) in [6.45, 7) is 12.6. The van der Waals surface area contributed by atoms with Crippen molar-refractivity contribution >= 4 is 17.2 Å². The van der Waals surface area contributed by atoms with Gasteiger partial charge in [0.25, 0.3) is 0 Å². The van der Waals surface area contributed by atoms with E-state index in [1.54, 1.807) is 0 Å². The van der Waals surface area contributed by atoms with Crippen LogP contribution in [0.2, 0.25) is 0 Å². The van der Waals surface area contributed by atoms with E-state index in [1.165, 1.54) is 13.0 Å². The van der Waals surface area contributed by atoms with Gasteiger partial charge in [-0.1, -0.05) is 45.8 Å². The summed E-state index contributed by atoms with van der Waals surface area (Å²) in [6, 6.07) is 0.316. The Hall–Kier alpha value is -0.190. The van der Waals surface area contributed by atoms with Crippen LogP contribution in [-0.4, -0.2) is 53.6 Å². The summed E-state index contributed by atoms with van der Waals surface area (Å²) in [7, 11) is 0. The van der Waals surface area contributed by atoms with Crippen LogP contribution in [0.15, 0.2) is 0 Å². The van der Waals surface area contributed by atoms with Crippen molar-refractivity contribution in [1.82, 2.24) is 9.80 Å². The molecule has 1 rings (SSSR count). The van der Waals surface area contributed by atoms with Crippen LogP contribution in [0.4, 0.5) is 0 Å². The molecule has 1 aliphatic rings. The second kappa shape index (κ2) is 8.08. The van der Waals surface area contributed by atoms with Crippen molar-refractivity contribution in [2.24, 2.45) is 11.7 Å². The first-order chi connectivity index (χ1) is 8.58. The molecule has 1 aliphatic heterocycles. The normalized spacial score (nSPS) is 21.7. The molecule has 0 saturated carbocycles. The lowest BCUT2D eigenvalue weighted by atomic mass is 10.1. The molecule has 0 aromatic rings. The van der Waals surface area contributed by atoms with Gasteiger partial charge in [0.2, 0.25) is 0 Å². The van der Waals surface area contributed by atoms with E-state index in [0.29, 0.717) is 11.0 Å². The van der Waals surface area contributed by atoms with Gasteiger partial charge in [0.1, 0.15) is 0 Å². The summed E-state index contributed by atoms with van der Waals surface area (Å²) in [5.74, 6) is 0.804. The average Bonchev–Trinajstić information content (AvgIpc) is 2.36.